The minimum atomic E-state index is -0.427. The number of hydrogen-bond acceptors (Lipinski definition) is 5. The number of thiocarbonyl (C=S) groups is 1. The molecule has 5 nitrogen and oxygen atoms in total. The lowest BCUT2D eigenvalue weighted by Crippen LogP contribution is -2.27. The summed E-state index contributed by atoms with van der Waals surface area (Å²) in [4.78, 5) is 24.5. The summed E-state index contributed by atoms with van der Waals surface area (Å²) in [6.07, 6.45) is 1.64. The normalized spacial score (nSPS) is 17.1. The monoisotopic (exact) mass is 308 g/mol. The standard InChI is InChI=1S/C13H12N2O3S2/c1-3-14-12(16)11(20-13(14)19)7-9-5-4-8(2)10(6-9)15(17)18/h4-7H,3H2,1-2H3/b11-7+. The first kappa shape index (κ1) is 14.7. The van der Waals surface area contributed by atoms with Gasteiger partial charge in [-0.05, 0) is 25.5 Å². The third kappa shape index (κ3) is 2.73. The minimum Gasteiger partial charge on any atom is -0.293 e. The van der Waals surface area contributed by atoms with Crippen LogP contribution in [0.3, 0.4) is 0 Å². The van der Waals surface area contributed by atoms with E-state index in [1.54, 1.807) is 25.1 Å². The average molecular weight is 308 g/mol. The first-order valence-corrected chi connectivity index (χ1v) is 7.17. The summed E-state index contributed by atoms with van der Waals surface area (Å²) >= 11 is 6.34. The van der Waals surface area contributed by atoms with Crippen LogP contribution >= 0.6 is 24.0 Å². The molecule has 0 aromatic heterocycles. The van der Waals surface area contributed by atoms with Crippen molar-refractivity contribution in [3.63, 3.8) is 0 Å². The lowest BCUT2D eigenvalue weighted by Gasteiger charge is -2.09. The van der Waals surface area contributed by atoms with Crippen molar-refractivity contribution in [3.05, 3.63) is 44.3 Å². The second-order valence-corrected chi connectivity index (χ2v) is 5.90. The molecule has 0 radical (unpaired) electrons. The van der Waals surface area contributed by atoms with Crippen LogP contribution in [0.2, 0.25) is 0 Å². The predicted octanol–water partition coefficient (Wildman–Crippen LogP) is 3.12. The van der Waals surface area contributed by atoms with Gasteiger partial charge in [-0.1, -0.05) is 36.1 Å². The van der Waals surface area contributed by atoms with Gasteiger partial charge in [-0.15, -0.1) is 0 Å². The third-order valence-electron chi connectivity index (χ3n) is 2.92. The fourth-order valence-corrected chi connectivity index (χ4v) is 3.22. The number of benzene rings is 1. The summed E-state index contributed by atoms with van der Waals surface area (Å²) in [5.41, 5.74) is 1.26. The zero-order valence-electron chi connectivity index (χ0n) is 11.0. The number of amides is 1. The Balaban J connectivity index is 2.37. The van der Waals surface area contributed by atoms with Gasteiger partial charge in [-0.2, -0.15) is 0 Å². The highest BCUT2D eigenvalue weighted by atomic mass is 32.2. The molecule has 0 atom stereocenters. The maximum atomic E-state index is 12.1. The second-order valence-electron chi connectivity index (χ2n) is 4.23. The lowest BCUT2D eigenvalue weighted by molar-refractivity contribution is -0.385. The average Bonchev–Trinajstić information content (AvgIpc) is 2.66. The van der Waals surface area contributed by atoms with Crippen molar-refractivity contribution in [2.24, 2.45) is 0 Å². The van der Waals surface area contributed by atoms with Gasteiger partial charge in [0, 0.05) is 18.2 Å². The quantitative estimate of drug-likeness (QED) is 0.371. The van der Waals surface area contributed by atoms with Crippen molar-refractivity contribution in [2.75, 3.05) is 6.54 Å². The Labute approximate surface area is 125 Å². The highest BCUT2D eigenvalue weighted by Crippen LogP contribution is 2.33. The van der Waals surface area contributed by atoms with E-state index in [1.165, 1.54) is 22.7 Å². The van der Waals surface area contributed by atoms with Crippen molar-refractivity contribution in [3.8, 4) is 0 Å². The number of likely N-dealkylation sites (N-methyl/N-ethyl adjacent to an activating group) is 1. The van der Waals surface area contributed by atoms with Gasteiger partial charge in [0.1, 0.15) is 4.32 Å². The van der Waals surface area contributed by atoms with E-state index in [9.17, 15) is 14.9 Å². The highest BCUT2D eigenvalue weighted by Gasteiger charge is 2.30. The SMILES string of the molecule is CCN1C(=O)/C(=C\c2ccc(C)c([N+](=O)[O-])c2)SC1=S. The number of thioether (sulfide) groups is 1. The molecular formula is C13H12N2O3S2. The van der Waals surface area contributed by atoms with Crippen LogP contribution in [0.4, 0.5) is 5.69 Å². The van der Waals surface area contributed by atoms with E-state index < -0.39 is 4.92 Å². The van der Waals surface area contributed by atoms with Crippen molar-refractivity contribution >= 4 is 46.0 Å². The third-order valence-corrected chi connectivity index (χ3v) is 4.30. The summed E-state index contributed by atoms with van der Waals surface area (Å²) in [7, 11) is 0. The number of carbonyl (C=O) groups is 1. The van der Waals surface area contributed by atoms with Gasteiger partial charge in [0.15, 0.2) is 0 Å². The zero-order valence-corrected chi connectivity index (χ0v) is 12.6. The number of nitro groups is 1. The predicted molar refractivity (Wildman–Crippen MR) is 83.4 cm³/mol. The van der Waals surface area contributed by atoms with E-state index in [0.29, 0.717) is 26.9 Å². The smallest absolute Gasteiger partial charge is 0.272 e. The van der Waals surface area contributed by atoms with Gasteiger partial charge in [0.05, 0.1) is 9.83 Å². The van der Waals surface area contributed by atoms with Crippen molar-refractivity contribution in [2.45, 2.75) is 13.8 Å². The number of aryl methyl sites for hydroxylation is 1. The highest BCUT2D eigenvalue weighted by molar-refractivity contribution is 8.26. The van der Waals surface area contributed by atoms with Crippen molar-refractivity contribution in [1.29, 1.82) is 0 Å². The second kappa shape index (κ2) is 5.72. The molecule has 0 bridgehead atoms. The van der Waals surface area contributed by atoms with Crippen LogP contribution in [0, 0.1) is 17.0 Å². The summed E-state index contributed by atoms with van der Waals surface area (Å²) in [6, 6.07) is 4.89. The molecule has 1 fully saturated rings. The van der Waals surface area contributed by atoms with Crippen LogP contribution in [0.1, 0.15) is 18.1 Å². The Bertz CT molecular complexity index is 641. The number of carbonyl (C=O) groups excluding carboxylic acids is 1. The molecule has 1 aliphatic rings. The number of hydrogen-bond donors (Lipinski definition) is 0. The van der Waals surface area contributed by atoms with Crippen LogP contribution < -0.4 is 0 Å². The largest absolute Gasteiger partial charge is 0.293 e. The van der Waals surface area contributed by atoms with E-state index in [0.717, 1.165) is 0 Å². The topological polar surface area (TPSA) is 63.5 Å². The fourth-order valence-electron chi connectivity index (χ4n) is 1.84. The van der Waals surface area contributed by atoms with Gasteiger partial charge in [0.2, 0.25) is 0 Å². The summed E-state index contributed by atoms with van der Waals surface area (Å²) in [6.45, 7) is 4.05. The van der Waals surface area contributed by atoms with E-state index in [1.807, 2.05) is 6.92 Å². The molecule has 1 saturated heterocycles. The van der Waals surface area contributed by atoms with Gasteiger partial charge in [-0.25, -0.2) is 0 Å². The minimum absolute atomic E-state index is 0.0460. The summed E-state index contributed by atoms with van der Waals surface area (Å²) < 4.78 is 0.519. The summed E-state index contributed by atoms with van der Waals surface area (Å²) in [5, 5.41) is 10.9. The maximum absolute atomic E-state index is 12.1. The van der Waals surface area contributed by atoms with E-state index in [-0.39, 0.29) is 11.6 Å². The Hall–Kier alpha value is -1.73. The molecule has 1 amide bonds. The lowest BCUT2D eigenvalue weighted by atomic mass is 10.1. The molecule has 20 heavy (non-hydrogen) atoms. The molecule has 7 heteroatoms. The van der Waals surface area contributed by atoms with Crippen LogP contribution in [-0.4, -0.2) is 26.6 Å². The van der Waals surface area contributed by atoms with E-state index >= 15 is 0 Å². The Morgan fingerprint density at radius 1 is 1.50 bits per heavy atom. The molecule has 1 aliphatic heterocycles. The molecule has 0 spiro atoms. The molecule has 1 heterocycles. The van der Waals surface area contributed by atoms with Gasteiger partial charge >= 0.3 is 0 Å². The summed E-state index contributed by atoms with van der Waals surface area (Å²) in [5.74, 6) is -0.147. The number of rotatable bonds is 3. The molecule has 0 unspecified atom stereocenters. The van der Waals surface area contributed by atoms with Crippen LogP contribution in [-0.2, 0) is 4.79 Å². The Morgan fingerprint density at radius 2 is 2.20 bits per heavy atom. The van der Waals surface area contributed by atoms with E-state index in [4.69, 9.17) is 12.2 Å². The molecule has 1 aromatic carbocycles. The molecule has 2 rings (SSSR count). The molecule has 0 saturated carbocycles. The zero-order chi connectivity index (χ0) is 14.9. The van der Waals surface area contributed by atoms with Crippen molar-refractivity contribution < 1.29 is 9.72 Å². The van der Waals surface area contributed by atoms with Gasteiger partial charge in [-0.3, -0.25) is 19.8 Å². The molecular weight excluding hydrogens is 296 g/mol. The molecule has 0 N–H and O–H groups in total. The van der Waals surface area contributed by atoms with Gasteiger partial charge < -0.3 is 0 Å². The van der Waals surface area contributed by atoms with Crippen LogP contribution in [0.15, 0.2) is 23.1 Å². The van der Waals surface area contributed by atoms with Gasteiger partial charge in [0.25, 0.3) is 11.6 Å². The molecule has 0 aliphatic carbocycles. The Morgan fingerprint density at radius 3 is 2.75 bits per heavy atom. The molecule has 1 aromatic rings. The fraction of sp³-hybridized carbons (Fsp3) is 0.231. The maximum Gasteiger partial charge on any atom is 0.272 e. The first-order valence-electron chi connectivity index (χ1n) is 5.94. The van der Waals surface area contributed by atoms with Crippen molar-refractivity contribution in [1.82, 2.24) is 4.90 Å². The van der Waals surface area contributed by atoms with E-state index in [2.05, 4.69) is 0 Å². The van der Waals surface area contributed by atoms with Crippen LogP contribution in [0.25, 0.3) is 6.08 Å². The number of nitrogens with zero attached hydrogens (tertiary/aromatic N) is 2. The first-order chi connectivity index (χ1) is 9.43. The Kier molecular flexibility index (Phi) is 4.20. The molecule has 104 valence electrons. The van der Waals surface area contributed by atoms with Crippen LogP contribution in [0.5, 0.6) is 0 Å². The number of nitro benzene ring substituents is 1.